The molecule has 0 unspecified atom stereocenters. The van der Waals surface area contributed by atoms with Crippen molar-refractivity contribution in [2.45, 2.75) is 44.9 Å². The molecule has 16 heavy (non-hydrogen) atoms. The molecule has 0 spiro atoms. The van der Waals surface area contributed by atoms with Gasteiger partial charge in [-0.05, 0) is 70.7 Å². The smallest absolute Gasteiger partial charge is 0.00187 e. The molecule has 1 saturated heterocycles. The Balaban J connectivity index is 1.53. The van der Waals surface area contributed by atoms with Crippen LogP contribution in [0.1, 0.15) is 44.9 Å². The average Bonchev–Trinajstić information content (AvgIpc) is 2.33. The van der Waals surface area contributed by atoms with Crippen LogP contribution in [0.25, 0.3) is 0 Å². The van der Waals surface area contributed by atoms with Gasteiger partial charge in [0.05, 0.1) is 0 Å². The van der Waals surface area contributed by atoms with Crippen molar-refractivity contribution in [2.75, 3.05) is 33.2 Å². The van der Waals surface area contributed by atoms with E-state index in [-0.39, 0.29) is 0 Å². The molecule has 1 saturated carbocycles. The molecule has 1 N–H and O–H groups in total. The quantitative estimate of drug-likeness (QED) is 0.789. The maximum absolute atomic E-state index is 3.72. The highest BCUT2D eigenvalue weighted by Crippen LogP contribution is 2.23. The summed E-state index contributed by atoms with van der Waals surface area (Å²) in [4.78, 5) is 2.46. The predicted molar refractivity (Wildman–Crippen MR) is 69.7 cm³/mol. The van der Waals surface area contributed by atoms with Crippen LogP contribution in [-0.2, 0) is 0 Å². The molecular formula is C14H28N2. The average molecular weight is 224 g/mol. The molecular weight excluding hydrogens is 196 g/mol. The van der Waals surface area contributed by atoms with E-state index in [0.29, 0.717) is 0 Å². The third-order valence-corrected chi connectivity index (χ3v) is 4.43. The highest BCUT2D eigenvalue weighted by molar-refractivity contribution is 4.73. The lowest BCUT2D eigenvalue weighted by Crippen LogP contribution is -2.36. The second-order valence-corrected chi connectivity index (χ2v) is 5.91. The van der Waals surface area contributed by atoms with Gasteiger partial charge < -0.3 is 10.2 Å². The first-order chi connectivity index (χ1) is 7.84. The van der Waals surface area contributed by atoms with E-state index in [2.05, 4.69) is 17.3 Å². The topological polar surface area (TPSA) is 15.3 Å². The molecule has 2 aliphatic rings. The minimum atomic E-state index is 0.944. The molecule has 2 heteroatoms. The highest BCUT2D eigenvalue weighted by atomic mass is 15.1. The van der Waals surface area contributed by atoms with E-state index < -0.39 is 0 Å². The Kier molecular flexibility index (Phi) is 5.11. The van der Waals surface area contributed by atoms with Crippen LogP contribution < -0.4 is 5.32 Å². The molecule has 0 aromatic rings. The predicted octanol–water partition coefficient (Wildman–Crippen LogP) is 2.50. The van der Waals surface area contributed by atoms with E-state index >= 15 is 0 Å². The molecule has 1 aliphatic heterocycles. The first-order valence-corrected chi connectivity index (χ1v) is 7.24. The van der Waals surface area contributed by atoms with Crippen LogP contribution in [0, 0.1) is 11.8 Å². The third kappa shape index (κ3) is 4.06. The van der Waals surface area contributed by atoms with Crippen LogP contribution in [0.3, 0.4) is 0 Å². The summed E-state index contributed by atoms with van der Waals surface area (Å²) in [7, 11) is 2.24. The van der Waals surface area contributed by atoms with Gasteiger partial charge in [0, 0.05) is 0 Å². The first-order valence-electron chi connectivity index (χ1n) is 7.24. The lowest BCUT2D eigenvalue weighted by Gasteiger charge is -2.30. The summed E-state index contributed by atoms with van der Waals surface area (Å²) in [5.41, 5.74) is 0. The van der Waals surface area contributed by atoms with E-state index in [1.807, 2.05) is 0 Å². The van der Waals surface area contributed by atoms with E-state index in [9.17, 15) is 0 Å². The van der Waals surface area contributed by atoms with Gasteiger partial charge in [0.1, 0.15) is 0 Å². The standard InChI is InChI=1S/C14H28N2/c1-16-9-7-14(8-10-16)12-15-11-13-5-3-2-4-6-13/h13-15H,2-12H2,1H3. The summed E-state index contributed by atoms with van der Waals surface area (Å²) in [6.45, 7) is 5.15. The molecule has 1 aliphatic carbocycles. The van der Waals surface area contributed by atoms with Crippen molar-refractivity contribution in [3.8, 4) is 0 Å². The van der Waals surface area contributed by atoms with Crippen molar-refractivity contribution < 1.29 is 0 Å². The second-order valence-electron chi connectivity index (χ2n) is 5.91. The normalized spacial score (nSPS) is 26.1. The van der Waals surface area contributed by atoms with Crippen LogP contribution in [-0.4, -0.2) is 38.1 Å². The molecule has 1 heterocycles. The Morgan fingerprint density at radius 2 is 1.44 bits per heavy atom. The molecule has 0 aromatic heterocycles. The molecule has 0 atom stereocenters. The SMILES string of the molecule is CN1CCC(CNCC2CCCCC2)CC1. The molecule has 2 rings (SSSR count). The molecule has 2 nitrogen and oxygen atoms in total. The number of nitrogens with one attached hydrogen (secondary N) is 1. The zero-order valence-electron chi connectivity index (χ0n) is 10.9. The van der Waals surface area contributed by atoms with Crippen molar-refractivity contribution in [1.82, 2.24) is 10.2 Å². The van der Waals surface area contributed by atoms with Crippen molar-refractivity contribution in [2.24, 2.45) is 11.8 Å². The molecule has 94 valence electrons. The van der Waals surface area contributed by atoms with E-state index in [4.69, 9.17) is 0 Å². The van der Waals surface area contributed by atoms with Gasteiger partial charge in [-0.3, -0.25) is 0 Å². The Bertz CT molecular complexity index is 179. The van der Waals surface area contributed by atoms with Gasteiger partial charge in [-0.2, -0.15) is 0 Å². The number of nitrogens with zero attached hydrogens (tertiary/aromatic N) is 1. The summed E-state index contributed by atoms with van der Waals surface area (Å²) < 4.78 is 0. The maximum atomic E-state index is 3.72. The number of rotatable bonds is 4. The summed E-state index contributed by atoms with van der Waals surface area (Å²) >= 11 is 0. The largest absolute Gasteiger partial charge is 0.316 e. The second kappa shape index (κ2) is 6.61. The Hall–Kier alpha value is -0.0800. The number of hydrogen-bond donors (Lipinski definition) is 1. The number of hydrogen-bond acceptors (Lipinski definition) is 2. The first kappa shape index (κ1) is 12.4. The highest BCUT2D eigenvalue weighted by Gasteiger charge is 2.17. The van der Waals surface area contributed by atoms with E-state index in [1.165, 1.54) is 71.1 Å². The lowest BCUT2D eigenvalue weighted by atomic mass is 9.89. The fourth-order valence-corrected chi connectivity index (χ4v) is 3.15. The summed E-state index contributed by atoms with van der Waals surface area (Å²) in [6.07, 6.45) is 10.2. The fraction of sp³-hybridized carbons (Fsp3) is 1.00. The molecule has 0 bridgehead atoms. The van der Waals surface area contributed by atoms with Crippen molar-refractivity contribution in [1.29, 1.82) is 0 Å². The van der Waals surface area contributed by atoms with Crippen LogP contribution in [0.2, 0.25) is 0 Å². The van der Waals surface area contributed by atoms with Gasteiger partial charge in [-0.1, -0.05) is 19.3 Å². The van der Waals surface area contributed by atoms with E-state index in [1.54, 1.807) is 0 Å². The zero-order chi connectivity index (χ0) is 11.2. The molecule has 2 fully saturated rings. The van der Waals surface area contributed by atoms with Crippen LogP contribution in [0.4, 0.5) is 0 Å². The Morgan fingerprint density at radius 3 is 2.06 bits per heavy atom. The summed E-state index contributed by atoms with van der Waals surface area (Å²) in [5.74, 6) is 1.93. The Labute approximate surface area is 101 Å². The minimum Gasteiger partial charge on any atom is -0.316 e. The summed E-state index contributed by atoms with van der Waals surface area (Å²) in [5, 5.41) is 3.72. The van der Waals surface area contributed by atoms with Crippen molar-refractivity contribution in [3.63, 3.8) is 0 Å². The minimum absolute atomic E-state index is 0.944. The van der Waals surface area contributed by atoms with Crippen molar-refractivity contribution in [3.05, 3.63) is 0 Å². The van der Waals surface area contributed by atoms with Gasteiger partial charge in [-0.25, -0.2) is 0 Å². The third-order valence-electron chi connectivity index (χ3n) is 4.43. The van der Waals surface area contributed by atoms with E-state index in [0.717, 1.165) is 11.8 Å². The lowest BCUT2D eigenvalue weighted by molar-refractivity contribution is 0.212. The number of piperidine rings is 1. The molecule has 0 radical (unpaired) electrons. The van der Waals surface area contributed by atoms with Crippen LogP contribution >= 0.6 is 0 Å². The van der Waals surface area contributed by atoms with Gasteiger partial charge in [-0.15, -0.1) is 0 Å². The fourth-order valence-electron chi connectivity index (χ4n) is 3.15. The van der Waals surface area contributed by atoms with Crippen LogP contribution in [0.5, 0.6) is 0 Å². The monoisotopic (exact) mass is 224 g/mol. The summed E-state index contributed by atoms with van der Waals surface area (Å²) in [6, 6.07) is 0. The zero-order valence-corrected chi connectivity index (χ0v) is 10.9. The maximum Gasteiger partial charge on any atom is -0.00187 e. The number of likely N-dealkylation sites (tertiary alicyclic amines) is 1. The molecule has 0 aromatic carbocycles. The van der Waals surface area contributed by atoms with Gasteiger partial charge in [0.2, 0.25) is 0 Å². The van der Waals surface area contributed by atoms with Gasteiger partial charge >= 0.3 is 0 Å². The van der Waals surface area contributed by atoms with Crippen LogP contribution in [0.15, 0.2) is 0 Å². The van der Waals surface area contributed by atoms with Gasteiger partial charge in [0.25, 0.3) is 0 Å². The van der Waals surface area contributed by atoms with Gasteiger partial charge in [0.15, 0.2) is 0 Å². The Morgan fingerprint density at radius 1 is 0.875 bits per heavy atom. The van der Waals surface area contributed by atoms with Crippen molar-refractivity contribution >= 4 is 0 Å². The molecule has 0 amide bonds.